The summed E-state index contributed by atoms with van der Waals surface area (Å²) in [6, 6.07) is 2.44. The highest BCUT2D eigenvalue weighted by molar-refractivity contribution is 7.10. The van der Waals surface area contributed by atoms with E-state index in [0.717, 1.165) is 37.8 Å². The number of rotatable bonds is 2. The quantitative estimate of drug-likeness (QED) is 0.800. The first-order valence-corrected chi connectivity index (χ1v) is 10.9. The zero-order valence-electron chi connectivity index (χ0n) is 16.5. The van der Waals surface area contributed by atoms with Gasteiger partial charge in [0.05, 0.1) is 5.56 Å². The van der Waals surface area contributed by atoms with Crippen LogP contribution in [0.5, 0.6) is 0 Å². The lowest BCUT2D eigenvalue weighted by Crippen LogP contribution is -2.37. The molecule has 1 saturated carbocycles. The number of nitrogens with zero attached hydrogens (tertiary/aromatic N) is 2. The Morgan fingerprint density at radius 3 is 2.56 bits per heavy atom. The number of likely N-dealkylation sites (tertiary alicyclic amines) is 2. The monoisotopic (exact) mass is 390 g/mol. The van der Waals surface area contributed by atoms with Crippen LogP contribution in [0.25, 0.3) is 0 Å². The number of amides is 2. The van der Waals surface area contributed by atoms with Gasteiger partial charge in [-0.25, -0.2) is 4.79 Å². The van der Waals surface area contributed by atoms with Gasteiger partial charge >= 0.3 is 6.09 Å². The van der Waals surface area contributed by atoms with E-state index in [4.69, 9.17) is 5.11 Å². The molecule has 0 aromatic carbocycles. The van der Waals surface area contributed by atoms with Gasteiger partial charge in [-0.1, -0.05) is 20.8 Å². The third-order valence-corrected chi connectivity index (χ3v) is 7.81. The second-order valence-corrected chi connectivity index (χ2v) is 10.9. The molecular formula is C21H30N2O3S. The summed E-state index contributed by atoms with van der Waals surface area (Å²) in [6.07, 6.45) is 4.29. The van der Waals surface area contributed by atoms with E-state index in [1.165, 1.54) is 16.2 Å². The lowest BCUT2D eigenvalue weighted by molar-refractivity contribution is 0.0708. The third kappa shape index (κ3) is 3.60. The summed E-state index contributed by atoms with van der Waals surface area (Å²) in [5.74, 6) is 0.563. The highest BCUT2D eigenvalue weighted by Gasteiger charge is 2.51. The first-order chi connectivity index (χ1) is 12.7. The van der Waals surface area contributed by atoms with Crippen LogP contribution in [0.3, 0.4) is 0 Å². The summed E-state index contributed by atoms with van der Waals surface area (Å²) in [6.45, 7) is 9.05. The number of piperidine rings is 1. The van der Waals surface area contributed by atoms with Gasteiger partial charge in [-0.15, -0.1) is 11.3 Å². The summed E-state index contributed by atoms with van der Waals surface area (Å²) in [4.78, 5) is 29.2. The Labute approximate surface area is 165 Å². The van der Waals surface area contributed by atoms with Crippen molar-refractivity contribution in [2.75, 3.05) is 19.6 Å². The molecule has 2 saturated heterocycles. The highest BCUT2D eigenvalue weighted by atomic mass is 32.1. The van der Waals surface area contributed by atoms with Crippen molar-refractivity contribution in [2.45, 2.75) is 64.8 Å². The van der Waals surface area contributed by atoms with Crippen LogP contribution in [0.2, 0.25) is 0 Å². The molecule has 6 heteroatoms. The zero-order valence-corrected chi connectivity index (χ0v) is 17.3. The van der Waals surface area contributed by atoms with Crippen molar-refractivity contribution in [1.82, 2.24) is 9.80 Å². The molecule has 1 aromatic heterocycles. The zero-order chi connectivity index (χ0) is 19.4. The van der Waals surface area contributed by atoms with Crippen LogP contribution in [-0.4, -0.2) is 52.6 Å². The van der Waals surface area contributed by atoms with E-state index in [-0.39, 0.29) is 11.3 Å². The van der Waals surface area contributed by atoms with Crippen LogP contribution in [-0.2, 0) is 0 Å². The highest BCUT2D eigenvalue weighted by Crippen LogP contribution is 2.52. The maximum atomic E-state index is 13.2. The molecule has 3 heterocycles. The van der Waals surface area contributed by atoms with Crippen LogP contribution < -0.4 is 0 Å². The molecule has 1 N–H and O–H groups in total. The normalized spacial score (nSPS) is 30.6. The Bertz CT molecular complexity index is 750. The second kappa shape index (κ2) is 6.50. The first kappa shape index (κ1) is 18.8. The summed E-state index contributed by atoms with van der Waals surface area (Å²) in [7, 11) is 0. The fourth-order valence-corrected chi connectivity index (χ4v) is 6.95. The molecule has 3 fully saturated rings. The summed E-state index contributed by atoms with van der Waals surface area (Å²) < 4.78 is 0. The molecule has 0 radical (unpaired) electrons. The van der Waals surface area contributed by atoms with Crippen LogP contribution in [0.15, 0.2) is 11.4 Å². The van der Waals surface area contributed by atoms with E-state index >= 15 is 0 Å². The number of carboxylic acid groups (broad SMARTS) is 1. The molecular weight excluding hydrogens is 360 g/mol. The smallest absolute Gasteiger partial charge is 0.407 e. The molecule has 2 unspecified atom stereocenters. The summed E-state index contributed by atoms with van der Waals surface area (Å²) in [5.41, 5.74) is 1.39. The van der Waals surface area contributed by atoms with E-state index in [2.05, 4.69) is 31.7 Å². The summed E-state index contributed by atoms with van der Waals surface area (Å²) >= 11 is 1.66. The van der Waals surface area contributed by atoms with Gasteiger partial charge in [0.25, 0.3) is 5.91 Å². The topological polar surface area (TPSA) is 60.9 Å². The third-order valence-electron chi connectivity index (χ3n) is 6.71. The van der Waals surface area contributed by atoms with Gasteiger partial charge in [0, 0.05) is 35.9 Å². The van der Waals surface area contributed by atoms with Crippen LogP contribution in [0.4, 0.5) is 4.79 Å². The lowest BCUT2D eigenvalue weighted by atomic mass is 9.65. The molecule has 1 aliphatic carbocycles. The van der Waals surface area contributed by atoms with Crippen molar-refractivity contribution in [1.29, 1.82) is 0 Å². The fourth-order valence-electron chi connectivity index (χ4n) is 5.90. The van der Waals surface area contributed by atoms with Gasteiger partial charge < -0.3 is 14.9 Å². The predicted molar refractivity (Wildman–Crippen MR) is 106 cm³/mol. The average molecular weight is 391 g/mol. The van der Waals surface area contributed by atoms with Crippen molar-refractivity contribution in [3.8, 4) is 0 Å². The van der Waals surface area contributed by atoms with E-state index in [1.54, 1.807) is 11.3 Å². The largest absolute Gasteiger partial charge is 0.465 e. The predicted octanol–water partition coefficient (Wildman–Crippen LogP) is 4.65. The number of carbonyl (C=O) groups excluding carboxylic acids is 1. The van der Waals surface area contributed by atoms with Gasteiger partial charge in [-0.2, -0.15) is 0 Å². The standard InChI is InChI=1S/C21H30N2O3S/c1-20(2)9-16-10-21(3,12-20)13-23(16)18(24)15-8-17(27-11-15)14-4-6-22(7-5-14)19(25)26/h8,11,14,16H,4-7,9-10,12-13H2,1-3H3,(H,25,26). The number of fused-ring (bicyclic) bond motifs is 2. The van der Waals surface area contributed by atoms with Gasteiger partial charge in [0.1, 0.15) is 0 Å². The molecule has 5 nitrogen and oxygen atoms in total. The minimum absolute atomic E-state index is 0.187. The Hall–Kier alpha value is -1.56. The van der Waals surface area contributed by atoms with Crippen molar-refractivity contribution in [2.24, 2.45) is 10.8 Å². The van der Waals surface area contributed by atoms with Gasteiger partial charge in [-0.05, 0) is 54.9 Å². The molecule has 2 bridgehead atoms. The Morgan fingerprint density at radius 2 is 1.89 bits per heavy atom. The van der Waals surface area contributed by atoms with Crippen molar-refractivity contribution >= 4 is 23.3 Å². The molecule has 2 atom stereocenters. The maximum Gasteiger partial charge on any atom is 0.407 e. The number of carbonyl (C=O) groups is 2. The first-order valence-electron chi connectivity index (χ1n) is 10.0. The van der Waals surface area contributed by atoms with Crippen LogP contribution >= 0.6 is 11.3 Å². The molecule has 27 heavy (non-hydrogen) atoms. The van der Waals surface area contributed by atoms with E-state index in [1.807, 2.05) is 5.38 Å². The Morgan fingerprint density at radius 1 is 1.19 bits per heavy atom. The molecule has 2 amide bonds. The number of hydrogen-bond acceptors (Lipinski definition) is 3. The van der Waals surface area contributed by atoms with E-state index in [0.29, 0.717) is 30.5 Å². The number of thiophene rings is 1. The van der Waals surface area contributed by atoms with Gasteiger partial charge in [0.15, 0.2) is 0 Å². The average Bonchev–Trinajstić information content (AvgIpc) is 3.16. The molecule has 2 aliphatic heterocycles. The van der Waals surface area contributed by atoms with Crippen LogP contribution in [0.1, 0.15) is 74.0 Å². The SMILES string of the molecule is CC1(C)CC2CC(C)(CN2C(=O)c2csc(C3CCN(C(=O)O)CC3)c2)C1. The molecule has 148 valence electrons. The molecule has 3 aliphatic rings. The molecule has 4 rings (SSSR count). The molecule has 0 spiro atoms. The van der Waals surface area contributed by atoms with Gasteiger partial charge in [0.2, 0.25) is 0 Å². The van der Waals surface area contributed by atoms with Crippen molar-refractivity contribution in [3.05, 3.63) is 21.9 Å². The van der Waals surface area contributed by atoms with Gasteiger partial charge in [-0.3, -0.25) is 4.79 Å². The summed E-state index contributed by atoms with van der Waals surface area (Å²) in [5, 5.41) is 11.1. The molecule has 1 aromatic rings. The Kier molecular flexibility index (Phi) is 4.53. The van der Waals surface area contributed by atoms with Crippen molar-refractivity contribution < 1.29 is 14.7 Å². The van der Waals surface area contributed by atoms with E-state index in [9.17, 15) is 9.59 Å². The fraction of sp³-hybridized carbons (Fsp3) is 0.714. The second-order valence-electron chi connectivity index (χ2n) is 9.93. The lowest BCUT2D eigenvalue weighted by Gasteiger charge is -2.39. The maximum absolute atomic E-state index is 13.2. The van der Waals surface area contributed by atoms with E-state index < -0.39 is 6.09 Å². The minimum Gasteiger partial charge on any atom is -0.465 e. The van der Waals surface area contributed by atoms with Crippen molar-refractivity contribution in [3.63, 3.8) is 0 Å². The number of hydrogen-bond donors (Lipinski definition) is 1. The minimum atomic E-state index is -0.827. The Balaban J connectivity index is 1.45. The van der Waals surface area contributed by atoms with Crippen LogP contribution in [0, 0.1) is 10.8 Å².